The van der Waals surface area contributed by atoms with E-state index in [0.717, 1.165) is 6.33 Å². The molecule has 0 spiro atoms. The van der Waals surface area contributed by atoms with Crippen molar-refractivity contribution in [1.29, 1.82) is 0 Å². The minimum Gasteiger partial charge on any atom is -0.369 e. The van der Waals surface area contributed by atoms with E-state index in [4.69, 9.17) is 33.3 Å². The zero-order valence-electron chi connectivity index (χ0n) is 22.8. The van der Waals surface area contributed by atoms with Crippen LogP contribution in [0.25, 0.3) is 22.3 Å². The van der Waals surface area contributed by atoms with Gasteiger partial charge in [-0.3, -0.25) is 23.7 Å². The smallest absolute Gasteiger partial charge is 0.280 e. The molecule has 4 aromatic heterocycles. The van der Waals surface area contributed by atoms with E-state index in [9.17, 15) is 9.59 Å². The highest BCUT2D eigenvalue weighted by Crippen LogP contribution is 2.60. The van der Waals surface area contributed by atoms with Crippen molar-refractivity contribution in [2.45, 2.75) is 49.2 Å². The van der Waals surface area contributed by atoms with Crippen LogP contribution in [0.3, 0.4) is 0 Å². The lowest BCUT2D eigenvalue weighted by Crippen LogP contribution is -2.36. The van der Waals surface area contributed by atoms with Crippen LogP contribution in [0.2, 0.25) is 0 Å². The average molecular weight is 708 g/mol. The van der Waals surface area contributed by atoms with Crippen molar-refractivity contribution in [2.24, 2.45) is 0 Å². The lowest BCUT2D eigenvalue weighted by molar-refractivity contribution is -0.0502. The van der Waals surface area contributed by atoms with Crippen molar-refractivity contribution in [3.8, 4) is 0 Å². The van der Waals surface area contributed by atoms with Crippen molar-refractivity contribution in [3.05, 3.63) is 39.7 Å². The molecular weight excluding hydrogens is 682 g/mol. The number of halogens is 2. The van der Waals surface area contributed by atoms with Crippen LogP contribution in [0.4, 0.5) is 14.7 Å². The topological polar surface area (TPSA) is 209 Å². The van der Waals surface area contributed by atoms with Gasteiger partial charge in [-0.1, -0.05) is 24.5 Å². The van der Waals surface area contributed by atoms with E-state index in [2.05, 4.69) is 67.0 Å². The van der Waals surface area contributed by atoms with Crippen LogP contribution in [-0.2, 0) is 27.6 Å². The molecule has 7 heterocycles. The fraction of sp³-hybridized carbons (Fsp3) is 0.455. The largest absolute Gasteiger partial charge is 0.369 e. The zero-order valence-corrected chi connectivity index (χ0v) is 26.3. The molecule has 0 radical (unpaired) electrons. The van der Waals surface area contributed by atoms with Crippen molar-refractivity contribution in [1.82, 2.24) is 39.0 Å². The van der Waals surface area contributed by atoms with Gasteiger partial charge in [0.2, 0.25) is 5.95 Å². The average Bonchev–Trinajstić information content (AvgIpc) is 3.72. The van der Waals surface area contributed by atoms with Crippen molar-refractivity contribution >= 4 is 78.5 Å². The number of nitrogens with zero attached hydrogens (tertiary/aromatic N) is 6. The van der Waals surface area contributed by atoms with Crippen LogP contribution >= 0.6 is 37.6 Å². The van der Waals surface area contributed by atoms with E-state index in [1.165, 1.54) is 21.8 Å². The molecule has 3 saturated heterocycles. The van der Waals surface area contributed by atoms with Crippen LogP contribution < -0.4 is 16.9 Å². The Morgan fingerprint density at radius 2 is 1.38 bits per heavy atom. The van der Waals surface area contributed by atoms with Gasteiger partial charge in [-0.2, -0.15) is 4.98 Å². The fourth-order valence-corrected chi connectivity index (χ4v) is 8.56. The van der Waals surface area contributed by atoms with E-state index < -0.39 is 73.4 Å². The summed E-state index contributed by atoms with van der Waals surface area (Å²) >= 11 is 8.89. The van der Waals surface area contributed by atoms with Crippen molar-refractivity contribution in [3.63, 3.8) is 0 Å². The molecule has 23 heteroatoms. The molecule has 242 valence electrons. The molecular formula is C22H25F2N9O8P2S2. The maximum atomic E-state index is 16.1. The Morgan fingerprint density at radius 1 is 0.867 bits per heavy atom. The van der Waals surface area contributed by atoms with Crippen molar-refractivity contribution in [2.75, 3.05) is 18.9 Å². The predicted octanol–water partition coefficient (Wildman–Crippen LogP) is 1.37. The molecule has 0 saturated carbocycles. The normalized spacial score (nSPS) is 37.7. The lowest BCUT2D eigenvalue weighted by atomic mass is 10.1. The number of ether oxygens (including phenoxy) is 2. The zero-order chi connectivity index (χ0) is 31.8. The number of nitrogens with one attached hydrogen (secondary N) is 2. The van der Waals surface area contributed by atoms with Gasteiger partial charge in [-0.05, 0) is 12.6 Å². The van der Waals surface area contributed by atoms with E-state index in [0.29, 0.717) is 0 Å². The molecule has 2 unspecified atom stereocenters. The third kappa shape index (κ3) is 5.58. The number of thiol groups is 2. The number of hydrogen-bond acceptors (Lipinski definition) is 15. The van der Waals surface area contributed by atoms with E-state index >= 15 is 8.78 Å². The number of hydrogen-bond donors (Lipinski definition) is 5. The summed E-state index contributed by atoms with van der Waals surface area (Å²) < 4.78 is 70.4. The predicted molar refractivity (Wildman–Crippen MR) is 166 cm³/mol. The second kappa shape index (κ2) is 11.3. The van der Waals surface area contributed by atoms with Crippen LogP contribution in [0.1, 0.15) is 12.5 Å². The number of rotatable bonds is 2. The summed E-state index contributed by atoms with van der Waals surface area (Å²) in [5.41, 5.74) is 4.53. The van der Waals surface area contributed by atoms with Gasteiger partial charge in [0, 0.05) is 0 Å². The standard InChI is InChI=1S/C22H25F2N9O8P2S2/c1-42(44)37-4-9-15(11(24)21(39-9)33-7-29-13-17(33)30-22(25)31-19(13)35)41-43(2,45)36-3-8-14(40-42)10(23)20(38-8)32-6-28-12-16(32)26-5-27-18(12)34/h5-11,14-15,20-21,44-45H,1-4H2,(H,26,27,34)(H3,25,30,31,35)/t8-,9+,10-,11-,14-,15+,20-,21+,42?,43?/m1/s1. The number of fused-ring (bicyclic) bond motifs is 4. The lowest BCUT2D eigenvalue weighted by Gasteiger charge is -2.32. The van der Waals surface area contributed by atoms with Gasteiger partial charge < -0.3 is 38.3 Å². The first kappa shape index (κ1) is 31.0. The molecule has 3 aliphatic heterocycles. The number of aromatic nitrogens is 8. The summed E-state index contributed by atoms with van der Waals surface area (Å²) in [6.45, 7) is -7.51. The minimum absolute atomic E-state index is 0.0142. The number of nitrogen functional groups attached to an aromatic ring is 1. The summed E-state index contributed by atoms with van der Waals surface area (Å²) in [5.74, 6) is -0.202. The highest BCUT2D eigenvalue weighted by Gasteiger charge is 2.52. The van der Waals surface area contributed by atoms with Gasteiger partial charge in [0.25, 0.3) is 11.1 Å². The molecule has 0 aromatic carbocycles. The molecule has 4 aromatic rings. The second-order valence-electron chi connectivity index (χ2n) is 10.4. The summed E-state index contributed by atoms with van der Waals surface area (Å²) in [4.78, 5) is 45.3. The van der Waals surface area contributed by atoms with Gasteiger partial charge in [0.05, 0.1) is 32.2 Å². The summed E-state index contributed by atoms with van der Waals surface area (Å²) in [5, 5.41) is 0. The Labute approximate surface area is 261 Å². The Bertz CT molecular complexity index is 2010. The molecule has 3 aliphatic rings. The molecule has 0 aliphatic carbocycles. The Balaban J connectivity index is 1.17. The SMILES string of the molecule is C=P1(S)OC[C@H]2O[C@@H](n3cnc4c(=O)[nH]cnc43)[C@H](F)[C@@H]2OP(=C)(S)OC[C@@H]2O[C@H](n3cnc4c(=O)[nH]c(N)nc43)[C@H](F)[C@H]2O1. The second-order valence-corrected chi connectivity index (χ2v) is 17.5. The number of nitrogens with two attached hydrogens (primary N) is 1. The molecule has 4 N–H and O–H groups in total. The molecule has 7 rings (SSSR count). The number of imidazole rings is 2. The third-order valence-corrected chi connectivity index (χ3v) is 10.9. The summed E-state index contributed by atoms with van der Waals surface area (Å²) in [6.07, 6.45) is -0.0246. The molecule has 17 nitrogen and oxygen atoms in total. The van der Waals surface area contributed by atoms with E-state index in [-0.39, 0.29) is 41.5 Å². The molecule has 0 amide bonds. The Hall–Kier alpha value is -2.58. The Kier molecular flexibility index (Phi) is 7.79. The van der Waals surface area contributed by atoms with Gasteiger partial charge in [-0.25, -0.2) is 23.7 Å². The number of anilines is 1. The van der Waals surface area contributed by atoms with Crippen LogP contribution in [-0.4, -0.2) is 102 Å². The van der Waals surface area contributed by atoms with Gasteiger partial charge in [0.1, 0.15) is 24.4 Å². The van der Waals surface area contributed by atoms with Crippen LogP contribution in [0, 0.1) is 0 Å². The Morgan fingerprint density at radius 3 is 1.93 bits per heavy atom. The monoisotopic (exact) mass is 707 g/mol. The fourth-order valence-electron chi connectivity index (χ4n) is 5.36. The third-order valence-electron chi connectivity index (χ3n) is 7.35. The van der Waals surface area contributed by atoms with Gasteiger partial charge in [0.15, 0.2) is 60.2 Å². The highest BCUT2D eigenvalue weighted by molar-refractivity contribution is 8.48. The number of H-pyrrole nitrogens is 2. The first-order valence-corrected chi connectivity index (χ1v) is 19.0. The maximum Gasteiger partial charge on any atom is 0.280 e. The van der Waals surface area contributed by atoms with Crippen LogP contribution in [0.5, 0.6) is 0 Å². The van der Waals surface area contributed by atoms with E-state index in [1.54, 1.807) is 0 Å². The van der Waals surface area contributed by atoms with E-state index in [1.807, 2.05) is 0 Å². The first-order valence-electron chi connectivity index (χ1n) is 13.1. The highest BCUT2D eigenvalue weighted by atomic mass is 32.7. The maximum absolute atomic E-state index is 16.1. The van der Waals surface area contributed by atoms with Gasteiger partial charge >= 0.3 is 0 Å². The van der Waals surface area contributed by atoms with Gasteiger partial charge in [-0.15, -0.1) is 0 Å². The number of aromatic amines is 2. The quantitative estimate of drug-likeness (QED) is 0.148. The molecule has 10 atom stereocenters. The summed E-state index contributed by atoms with van der Waals surface area (Å²) in [6, 6.07) is 0. The molecule has 0 bridgehead atoms. The molecule has 3 fully saturated rings. The van der Waals surface area contributed by atoms with Crippen LogP contribution in [0.15, 0.2) is 28.6 Å². The van der Waals surface area contributed by atoms with Crippen molar-refractivity contribution < 1.29 is 36.3 Å². The molecule has 45 heavy (non-hydrogen) atoms. The summed E-state index contributed by atoms with van der Waals surface area (Å²) in [7, 11) is 0. The number of alkyl halides is 2. The minimum atomic E-state index is -3.40. The first-order chi connectivity index (χ1) is 21.3.